The normalized spacial score (nSPS) is 21.8. The van der Waals surface area contributed by atoms with Crippen LogP contribution in [-0.4, -0.2) is 38.7 Å². The van der Waals surface area contributed by atoms with Crippen LogP contribution >= 0.6 is 0 Å². The van der Waals surface area contributed by atoms with Gasteiger partial charge in [0.1, 0.15) is 0 Å². The summed E-state index contributed by atoms with van der Waals surface area (Å²) in [6.07, 6.45) is 2.93. The molecule has 0 saturated heterocycles. The number of nitro groups is 1. The van der Waals surface area contributed by atoms with Gasteiger partial charge in [0.25, 0.3) is 0 Å². The van der Waals surface area contributed by atoms with Gasteiger partial charge in [-0.15, -0.1) is 0 Å². The van der Waals surface area contributed by atoms with Crippen LogP contribution in [0.25, 0.3) is 0 Å². The monoisotopic (exact) mass is 295 g/mol. The molecule has 0 amide bonds. The van der Waals surface area contributed by atoms with Crippen molar-refractivity contribution < 1.29 is 19.9 Å². The number of carboxylic acid groups (broad SMARTS) is 1. The van der Waals surface area contributed by atoms with Crippen molar-refractivity contribution in [3.05, 3.63) is 27.9 Å². The minimum atomic E-state index is -1.24. The van der Waals surface area contributed by atoms with Crippen molar-refractivity contribution in [2.45, 2.75) is 31.8 Å². The third kappa shape index (κ3) is 3.88. The molecule has 1 saturated carbocycles. The second kappa shape index (κ2) is 6.49. The van der Waals surface area contributed by atoms with Crippen molar-refractivity contribution in [1.82, 2.24) is 4.98 Å². The van der Waals surface area contributed by atoms with E-state index in [1.54, 1.807) is 0 Å². The molecule has 1 aliphatic rings. The molecule has 8 nitrogen and oxygen atoms in total. The minimum absolute atomic E-state index is 0.0417. The zero-order valence-electron chi connectivity index (χ0n) is 11.4. The first-order valence-corrected chi connectivity index (χ1v) is 6.78. The van der Waals surface area contributed by atoms with Gasteiger partial charge in [-0.3, -0.25) is 10.1 Å². The van der Waals surface area contributed by atoms with Crippen molar-refractivity contribution >= 4 is 17.5 Å². The average molecular weight is 295 g/mol. The van der Waals surface area contributed by atoms with Crippen molar-refractivity contribution in [1.29, 1.82) is 0 Å². The number of carbonyl (C=O) groups is 1. The fourth-order valence-corrected chi connectivity index (χ4v) is 2.54. The molecule has 1 aromatic rings. The number of carboxylic acids is 1. The largest absolute Gasteiger partial charge is 0.477 e. The molecule has 0 radical (unpaired) electrons. The highest BCUT2D eigenvalue weighted by Crippen LogP contribution is 2.27. The topological polar surface area (TPSA) is 126 Å². The second-order valence-electron chi connectivity index (χ2n) is 5.19. The zero-order chi connectivity index (χ0) is 15.4. The second-order valence-corrected chi connectivity index (χ2v) is 5.19. The van der Waals surface area contributed by atoms with Gasteiger partial charge in [0.15, 0.2) is 5.69 Å². The third-order valence-corrected chi connectivity index (χ3v) is 3.60. The van der Waals surface area contributed by atoms with Crippen LogP contribution in [0.5, 0.6) is 0 Å². The van der Waals surface area contributed by atoms with Crippen molar-refractivity contribution in [2.75, 3.05) is 11.9 Å². The van der Waals surface area contributed by atoms with Gasteiger partial charge in [-0.25, -0.2) is 9.78 Å². The molecule has 1 aliphatic carbocycles. The van der Waals surface area contributed by atoms with Gasteiger partial charge in [-0.05, 0) is 31.2 Å². The summed E-state index contributed by atoms with van der Waals surface area (Å²) in [4.78, 5) is 25.0. The third-order valence-electron chi connectivity index (χ3n) is 3.60. The Labute approximate surface area is 121 Å². The Hall–Kier alpha value is -2.22. The van der Waals surface area contributed by atoms with Gasteiger partial charge in [0.2, 0.25) is 5.82 Å². The van der Waals surface area contributed by atoms with E-state index >= 15 is 0 Å². The van der Waals surface area contributed by atoms with Crippen LogP contribution in [0.2, 0.25) is 0 Å². The molecule has 21 heavy (non-hydrogen) atoms. The first-order chi connectivity index (χ1) is 9.97. The Bertz CT molecular complexity index is 549. The van der Waals surface area contributed by atoms with E-state index < -0.39 is 10.9 Å². The highest BCUT2D eigenvalue weighted by molar-refractivity contribution is 5.86. The number of aromatic nitrogens is 1. The maximum absolute atomic E-state index is 10.9. The van der Waals surface area contributed by atoms with Crippen LogP contribution in [0.1, 0.15) is 36.2 Å². The summed E-state index contributed by atoms with van der Waals surface area (Å²) in [6, 6.07) is 2.24. The summed E-state index contributed by atoms with van der Waals surface area (Å²) in [6.45, 7) is 0.425. The maximum atomic E-state index is 10.9. The number of pyridine rings is 1. The molecule has 2 rings (SSSR count). The fourth-order valence-electron chi connectivity index (χ4n) is 2.54. The zero-order valence-corrected chi connectivity index (χ0v) is 11.4. The van der Waals surface area contributed by atoms with Gasteiger partial charge in [-0.1, -0.05) is 6.42 Å². The number of aliphatic hydroxyl groups excluding tert-OH is 1. The number of aromatic carboxylic acids is 1. The Morgan fingerprint density at radius 3 is 2.86 bits per heavy atom. The van der Waals surface area contributed by atoms with Crippen LogP contribution in [0, 0.1) is 16.0 Å². The van der Waals surface area contributed by atoms with Gasteiger partial charge in [0, 0.05) is 12.6 Å². The molecule has 1 heterocycles. The molecule has 3 N–H and O–H groups in total. The van der Waals surface area contributed by atoms with E-state index in [9.17, 15) is 20.0 Å². The molecular weight excluding hydrogens is 278 g/mol. The van der Waals surface area contributed by atoms with Crippen molar-refractivity contribution in [3.63, 3.8) is 0 Å². The first-order valence-electron chi connectivity index (χ1n) is 6.78. The number of anilines is 1. The molecule has 114 valence electrons. The number of hydrogen-bond acceptors (Lipinski definition) is 6. The molecule has 2 atom stereocenters. The quantitative estimate of drug-likeness (QED) is 0.557. The molecule has 2 unspecified atom stereocenters. The van der Waals surface area contributed by atoms with Gasteiger partial charge in [0.05, 0.1) is 11.0 Å². The van der Waals surface area contributed by atoms with E-state index in [2.05, 4.69) is 10.3 Å². The van der Waals surface area contributed by atoms with Crippen LogP contribution in [0.15, 0.2) is 12.1 Å². The van der Waals surface area contributed by atoms with E-state index in [4.69, 9.17) is 5.11 Å². The van der Waals surface area contributed by atoms with Crippen molar-refractivity contribution in [2.24, 2.45) is 5.92 Å². The molecule has 1 fully saturated rings. The number of nitrogens with one attached hydrogen (secondary N) is 1. The summed E-state index contributed by atoms with van der Waals surface area (Å²) >= 11 is 0. The lowest BCUT2D eigenvalue weighted by atomic mass is 9.87. The van der Waals surface area contributed by atoms with Gasteiger partial charge in [-0.2, -0.15) is 0 Å². The number of hydrogen-bond donors (Lipinski definition) is 3. The maximum Gasteiger partial charge on any atom is 0.354 e. The summed E-state index contributed by atoms with van der Waals surface area (Å²) in [7, 11) is 0. The fraction of sp³-hybridized carbons (Fsp3) is 0.538. The SMILES string of the molecule is O=C(O)c1ccc([N+](=O)[O-])c(NCC2CCCC(O)C2)n1. The highest BCUT2D eigenvalue weighted by atomic mass is 16.6. The lowest BCUT2D eigenvalue weighted by molar-refractivity contribution is -0.384. The van der Waals surface area contributed by atoms with E-state index in [0.29, 0.717) is 13.0 Å². The van der Waals surface area contributed by atoms with Crippen LogP contribution in [-0.2, 0) is 0 Å². The molecule has 0 bridgehead atoms. The average Bonchev–Trinajstić information content (AvgIpc) is 2.44. The van der Waals surface area contributed by atoms with E-state index in [1.807, 2.05) is 0 Å². The lowest BCUT2D eigenvalue weighted by Crippen LogP contribution is -2.25. The molecule has 0 aromatic carbocycles. The van der Waals surface area contributed by atoms with E-state index in [1.165, 1.54) is 0 Å². The van der Waals surface area contributed by atoms with Gasteiger partial charge < -0.3 is 15.5 Å². The Morgan fingerprint density at radius 1 is 1.48 bits per heavy atom. The molecular formula is C13H17N3O5. The van der Waals surface area contributed by atoms with Gasteiger partial charge >= 0.3 is 11.7 Å². The molecule has 0 spiro atoms. The van der Waals surface area contributed by atoms with Crippen molar-refractivity contribution in [3.8, 4) is 0 Å². The Balaban J connectivity index is 2.11. The van der Waals surface area contributed by atoms with Crippen LogP contribution < -0.4 is 5.32 Å². The number of aliphatic hydroxyl groups is 1. The highest BCUT2D eigenvalue weighted by Gasteiger charge is 2.23. The molecule has 1 aromatic heterocycles. The first kappa shape index (κ1) is 15.2. The smallest absolute Gasteiger partial charge is 0.354 e. The van der Waals surface area contributed by atoms with E-state index in [0.717, 1.165) is 31.4 Å². The van der Waals surface area contributed by atoms with Crippen LogP contribution in [0.4, 0.5) is 11.5 Å². The summed E-state index contributed by atoms with van der Waals surface area (Å²) in [5.74, 6) is -1.08. The van der Waals surface area contributed by atoms with Crippen LogP contribution in [0.3, 0.4) is 0 Å². The molecule has 8 heteroatoms. The predicted octanol–water partition coefficient (Wildman–Crippen LogP) is 1.65. The molecule has 0 aliphatic heterocycles. The summed E-state index contributed by atoms with van der Waals surface area (Å²) in [5.41, 5.74) is -0.497. The lowest BCUT2D eigenvalue weighted by Gasteiger charge is -2.26. The predicted molar refractivity (Wildman–Crippen MR) is 74.3 cm³/mol. The number of nitrogens with zero attached hydrogens (tertiary/aromatic N) is 2. The van der Waals surface area contributed by atoms with E-state index in [-0.39, 0.29) is 29.2 Å². The standard InChI is InChI=1S/C13H17N3O5/c17-9-3-1-2-8(6-9)7-14-12-11(16(20)21)5-4-10(15-12)13(18)19/h4-5,8-9,17H,1-3,6-7H2,(H,14,15)(H,18,19). The number of rotatable bonds is 5. The Morgan fingerprint density at radius 2 is 2.24 bits per heavy atom. The Kier molecular flexibility index (Phi) is 4.69. The summed E-state index contributed by atoms with van der Waals surface area (Å²) in [5, 5.41) is 32.3. The summed E-state index contributed by atoms with van der Waals surface area (Å²) < 4.78 is 0. The minimum Gasteiger partial charge on any atom is -0.477 e.